The van der Waals surface area contributed by atoms with Crippen LogP contribution in [-0.2, 0) is 10.0 Å². The molecule has 3 heterocycles. The summed E-state index contributed by atoms with van der Waals surface area (Å²) in [5, 5.41) is 0.548. The number of anilines is 1. The SMILES string of the molecule is COc1nc(OC)c(NS(=O)(=O)c2c[nH]c3nc(Cl)ccc23)cc1F. The van der Waals surface area contributed by atoms with Crippen LogP contribution in [0, 0.1) is 5.82 Å². The van der Waals surface area contributed by atoms with Crippen LogP contribution in [0.25, 0.3) is 11.0 Å². The van der Waals surface area contributed by atoms with Crippen molar-refractivity contribution in [3.63, 3.8) is 0 Å². The summed E-state index contributed by atoms with van der Waals surface area (Å²) in [6.07, 6.45) is 1.26. The number of hydrogen-bond acceptors (Lipinski definition) is 6. The second-order valence-electron chi connectivity index (χ2n) is 4.82. The lowest BCUT2D eigenvalue weighted by Crippen LogP contribution is -2.14. The summed E-state index contributed by atoms with van der Waals surface area (Å²) in [6, 6.07) is 3.90. The van der Waals surface area contributed by atoms with Gasteiger partial charge in [-0.1, -0.05) is 11.6 Å². The molecule has 0 aromatic carbocycles. The van der Waals surface area contributed by atoms with Crippen LogP contribution in [0.5, 0.6) is 11.8 Å². The maximum Gasteiger partial charge on any atom is 0.264 e. The van der Waals surface area contributed by atoms with Gasteiger partial charge in [0.05, 0.1) is 14.2 Å². The maximum absolute atomic E-state index is 13.9. The van der Waals surface area contributed by atoms with E-state index in [4.69, 9.17) is 21.1 Å². The third kappa shape index (κ3) is 3.17. The summed E-state index contributed by atoms with van der Waals surface area (Å²) >= 11 is 5.78. The number of H-pyrrole nitrogens is 1. The zero-order valence-corrected chi connectivity index (χ0v) is 14.6. The Balaban J connectivity index is 2.05. The van der Waals surface area contributed by atoms with Crippen molar-refractivity contribution in [3.05, 3.63) is 35.4 Å². The van der Waals surface area contributed by atoms with Gasteiger partial charge in [-0.2, -0.15) is 4.98 Å². The van der Waals surface area contributed by atoms with E-state index in [1.165, 1.54) is 32.5 Å². The Morgan fingerprint density at radius 2 is 1.92 bits per heavy atom. The van der Waals surface area contributed by atoms with Gasteiger partial charge in [0.1, 0.15) is 21.4 Å². The molecule has 3 aromatic heterocycles. The highest BCUT2D eigenvalue weighted by molar-refractivity contribution is 7.93. The number of halogens is 2. The molecule has 3 aromatic rings. The third-order valence-corrected chi connectivity index (χ3v) is 4.91. The van der Waals surface area contributed by atoms with E-state index in [1.54, 1.807) is 0 Å². The van der Waals surface area contributed by atoms with Crippen molar-refractivity contribution in [3.8, 4) is 11.8 Å². The maximum atomic E-state index is 13.9. The first-order valence-electron chi connectivity index (χ1n) is 6.80. The van der Waals surface area contributed by atoms with Crippen LogP contribution in [0.2, 0.25) is 5.15 Å². The molecule has 3 rings (SSSR count). The first kappa shape index (κ1) is 17.2. The predicted molar refractivity (Wildman–Crippen MR) is 89.2 cm³/mol. The molecule has 0 saturated carbocycles. The Morgan fingerprint density at radius 1 is 1.20 bits per heavy atom. The fourth-order valence-electron chi connectivity index (χ4n) is 2.21. The lowest BCUT2D eigenvalue weighted by Gasteiger charge is -2.12. The van der Waals surface area contributed by atoms with Gasteiger partial charge in [0.2, 0.25) is 5.88 Å². The van der Waals surface area contributed by atoms with Gasteiger partial charge in [-0.3, -0.25) is 4.72 Å². The number of nitrogens with one attached hydrogen (secondary N) is 2. The van der Waals surface area contributed by atoms with Crippen molar-refractivity contribution >= 4 is 38.3 Å². The number of aromatic amines is 1. The Morgan fingerprint density at radius 3 is 2.60 bits per heavy atom. The monoisotopic (exact) mass is 386 g/mol. The van der Waals surface area contributed by atoms with E-state index in [-0.39, 0.29) is 27.5 Å². The van der Waals surface area contributed by atoms with Crippen LogP contribution in [0.4, 0.5) is 10.1 Å². The van der Waals surface area contributed by atoms with Crippen LogP contribution in [0.3, 0.4) is 0 Å². The first-order chi connectivity index (χ1) is 11.9. The molecular formula is C14H12ClFN4O4S. The van der Waals surface area contributed by atoms with Gasteiger partial charge in [0, 0.05) is 17.6 Å². The van der Waals surface area contributed by atoms with Crippen molar-refractivity contribution < 1.29 is 22.3 Å². The minimum Gasteiger partial charge on any atom is -0.479 e. The quantitative estimate of drug-likeness (QED) is 0.653. The molecule has 0 unspecified atom stereocenters. The molecule has 11 heteroatoms. The molecule has 0 radical (unpaired) electrons. The minimum absolute atomic E-state index is 0.0788. The highest BCUT2D eigenvalue weighted by Gasteiger charge is 2.23. The molecule has 0 fully saturated rings. The van der Waals surface area contributed by atoms with Crippen molar-refractivity contribution in [1.82, 2.24) is 15.0 Å². The number of rotatable bonds is 5. The average molecular weight is 387 g/mol. The Labute approximate surface area is 147 Å². The van der Waals surface area contributed by atoms with Gasteiger partial charge < -0.3 is 14.5 Å². The molecule has 0 spiro atoms. The number of ether oxygens (including phenoxy) is 2. The van der Waals surface area contributed by atoms with Crippen molar-refractivity contribution in [2.45, 2.75) is 4.90 Å². The highest BCUT2D eigenvalue weighted by atomic mass is 35.5. The smallest absolute Gasteiger partial charge is 0.264 e. The highest BCUT2D eigenvalue weighted by Crippen LogP contribution is 2.31. The Bertz CT molecular complexity index is 1050. The Hall–Kier alpha value is -2.59. The summed E-state index contributed by atoms with van der Waals surface area (Å²) in [4.78, 5) is 10.4. The van der Waals surface area contributed by atoms with Gasteiger partial charge in [-0.25, -0.2) is 17.8 Å². The van der Waals surface area contributed by atoms with Crippen LogP contribution in [-0.4, -0.2) is 37.6 Å². The number of sulfonamides is 1. The topological polar surface area (TPSA) is 106 Å². The molecule has 0 bridgehead atoms. The van der Waals surface area contributed by atoms with E-state index in [2.05, 4.69) is 19.7 Å². The van der Waals surface area contributed by atoms with Gasteiger partial charge >= 0.3 is 0 Å². The van der Waals surface area contributed by atoms with E-state index in [0.717, 1.165) is 6.07 Å². The minimum atomic E-state index is -4.07. The molecular weight excluding hydrogens is 375 g/mol. The normalized spacial score (nSPS) is 11.5. The lowest BCUT2D eigenvalue weighted by atomic mass is 10.3. The number of aromatic nitrogens is 3. The molecule has 0 aliphatic rings. The molecule has 0 aliphatic carbocycles. The Kier molecular flexibility index (Phi) is 4.39. The first-order valence-corrected chi connectivity index (χ1v) is 8.67. The van der Waals surface area contributed by atoms with E-state index in [1.807, 2.05) is 0 Å². The molecule has 0 aliphatic heterocycles. The summed E-state index contributed by atoms with van der Waals surface area (Å²) in [5.74, 6) is -1.29. The van der Waals surface area contributed by atoms with E-state index in [0.29, 0.717) is 11.0 Å². The molecule has 0 amide bonds. The molecule has 0 saturated heterocycles. The molecule has 8 nitrogen and oxygen atoms in total. The van der Waals surface area contributed by atoms with Crippen molar-refractivity contribution in [2.75, 3.05) is 18.9 Å². The van der Waals surface area contributed by atoms with E-state index >= 15 is 0 Å². The summed E-state index contributed by atoms with van der Waals surface area (Å²) < 4.78 is 51.2. The van der Waals surface area contributed by atoms with Crippen LogP contribution < -0.4 is 14.2 Å². The predicted octanol–water partition coefficient (Wildman–Crippen LogP) is 2.57. The fourth-order valence-corrected chi connectivity index (χ4v) is 3.57. The zero-order valence-electron chi connectivity index (χ0n) is 13.0. The number of methoxy groups -OCH3 is 2. The summed E-state index contributed by atoms with van der Waals surface area (Å²) in [6.45, 7) is 0. The fraction of sp³-hybridized carbons (Fsp3) is 0.143. The lowest BCUT2D eigenvalue weighted by molar-refractivity contribution is 0.346. The van der Waals surface area contributed by atoms with E-state index < -0.39 is 15.8 Å². The van der Waals surface area contributed by atoms with Crippen LogP contribution >= 0.6 is 11.6 Å². The summed E-state index contributed by atoms with van der Waals surface area (Å²) in [7, 11) is -1.56. The summed E-state index contributed by atoms with van der Waals surface area (Å²) in [5.41, 5.74) is 0.135. The van der Waals surface area contributed by atoms with Crippen LogP contribution in [0.15, 0.2) is 29.3 Å². The second-order valence-corrected chi connectivity index (χ2v) is 6.86. The molecule has 0 atom stereocenters. The molecule has 25 heavy (non-hydrogen) atoms. The van der Waals surface area contributed by atoms with Crippen LogP contribution in [0.1, 0.15) is 0 Å². The standard InChI is InChI=1S/C14H12ClFN4O4S/c1-23-13-8(16)5-9(14(19-13)24-2)20-25(21,22)10-6-17-12-7(10)3-4-11(15)18-12/h3-6,20H,1-2H3,(H,17,18). The zero-order chi connectivity index (χ0) is 18.2. The van der Waals surface area contributed by atoms with Gasteiger partial charge in [0.25, 0.3) is 15.9 Å². The number of fused-ring (bicyclic) bond motifs is 1. The number of pyridine rings is 2. The van der Waals surface area contributed by atoms with Gasteiger partial charge in [-0.05, 0) is 12.1 Å². The second kappa shape index (κ2) is 6.37. The number of nitrogens with zero attached hydrogens (tertiary/aromatic N) is 2. The third-order valence-electron chi connectivity index (χ3n) is 3.30. The average Bonchev–Trinajstić information content (AvgIpc) is 2.98. The van der Waals surface area contributed by atoms with Gasteiger partial charge in [-0.15, -0.1) is 0 Å². The van der Waals surface area contributed by atoms with Crippen molar-refractivity contribution in [1.29, 1.82) is 0 Å². The van der Waals surface area contributed by atoms with Crippen molar-refractivity contribution in [2.24, 2.45) is 0 Å². The molecule has 2 N–H and O–H groups in total. The van der Waals surface area contributed by atoms with E-state index in [9.17, 15) is 12.8 Å². The van der Waals surface area contributed by atoms with Gasteiger partial charge in [0.15, 0.2) is 5.82 Å². The number of hydrogen-bond donors (Lipinski definition) is 2. The molecule has 132 valence electrons. The largest absolute Gasteiger partial charge is 0.479 e.